The first-order chi connectivity index (χ1) is 9.54. The topological polar surface area (TPSA) is 12.5 Å². The molecule has 0 aromatic carbocycles. The van der Waals surface area contributed by atoms with Crippen LogP contribution in [0.25, 0.3) is 0 Å². The lowest BCUT2D eigenvalue weighted by Crippen LogP contribution is -2.49. The summed E-state index contributed by atoms with van der Waals surface area (Å²) in [4.78, 5) is 2.72. The zero-order valence-electron chi connectivity index (χ0n) is 14.1. The van der Waals surface area contributed by atoms with Crippen LogP contribution in [0, 0.1) is 11.8 Å². The number of hydrogen-bond donors (Lipinski definition) is 0. The third-order valence-corrected chi connectivity index (χ3v) is 5.12. The van der Waals surface area contributed by atoms with Crippen LogP contribution >= 0.6 is 0 Å². The molecule has 0 amide bonds. The Balaban J connectivity index is 1.66. The molecule has 2 rings (SSSR count). The number of unbranched alkanes of at least 4 members (excludes halogenated alkanes) is 1. The first-order valence-corrected chi connectivity index (χ1v) is 8.94. The Kier molecular flexibility index (Phi) is 6.35. The lowest BCUT2D eigenvalue weighted by atomic mass is 9.97. The molecular weight excluding hydrogens is 246 g/mol. The summed E-state index contributed by atoms with van der Waals surface area (Å²) in [5.74, 6) is 1.88. The molecule has 0 bridgehead atoms. The van der Waals surface area contributed by atoms with E-state index in [1.54, 1.807) is 0 Å². The van der Waals surface area contributed by atoms with Crippen molar-refractivity contribution < 1.29 is 4.74 Å². The first-order valence-electron chi connectivity index (χ1n) is 8.94. The predicted molar refractivity (Wildman–Crippen MR) is 86.0 cm³/mol. The van der Waals surface area contributed by atoms with E-state index < -0.39 is 0 Å². The lowest BCUT2D eigenvalue weighted by molar-refractivity contribution is -0.0799. The summed E-state index contributed by atoms with van der Waals surface area (Å²) in [6, 6.07) is 0.846. The number of hydrogen-bond acceptors (Lipinski definition) is 2. The fraction of sp³-hybridized carbons (Fsp3) is 1.00. The Bertz CT molecular complexity index is 269. The van der Waals surface area contributed by atoms with Crippen molar-refractivity contribution in [3.05, 3.63) is 0 Å². The zero-order valence-corrected chi connectivity index (χ0v) is 14.1. The average molecular weight is 281 g/mol. The molecule has 0 aromatic rings. The highest BCUT2D eigenvalue weighted by Gasteiger charge is 2.33. The molecule has 0 aromatic heterocycles. The molecule has 4 atom stereocenters. The number of nitrogens with zero attached hydrogens (tertiary/aromatic N) is 1. The van der Waals surface area contributed by atoms with Crippen LogP contribution in [0.15, 0.2) is 0 Å². The summed E-state index contributed by atoms with van der Waals surface area (Å²) in [6.07, 6.45) is 10.9. The van der Waals surface area contributed by atoms with Crippen LogP contribution in [0.5, 0.6) is 0 Å². The Morgan fingerprint density at radius 2 is 1.75 bits per heavy atom. The van der Waals surface area contributed by atoms with E-state index in [2.05, 4.69) is 32.6 Å². The average Bonchev–Trinajstić information content (AvgIpc) is 2.82. The van der Waals surface area contributed by atoms with Gasteiger partial charge in [-0.3, -0.25) is 4.90 Å². The van der Waals surface area contributed by atoms with E-state index in [-0.39, 0.29) is 0 Å². The van der Waals surface area contributed by atoms with E-state index in [1.807, 2.05) is 0 Å². The zero-order chi connectivity index (χ0) is 14.5. The van der Waals surface area contributed by atoms with Gasteiger partial charge in [-0.15, -0.1) is 0 Å². The number of morpholine rings is 1. The molecule has 0 spiro atoms. The monoisotopic (exact) mass is 281 g/mol. The smallest absolute Gasteiger partial charge is 0.0678 e. The van der Waals surface area contributed by atoms with Gasteiger partial charge in [0.15, 0.2) is 0 Å². The van der Waals surface area contributed by atoms with Gasteiger partial charge in [-0.1, -0.05) is 39.5 Å². The molecule has 0 radical (unpaired) electrons. The van der Waals surface area contributed by atoms with E-state index in [0.717, 1.165) is 31.0 Å². The molecule has 2 aliphatic rings. The van der Waals surface area contributed by atoms with Gasteiger partial charge in [0, 0.05) is 19.1 Å². The second-order valence-electron chi connectivity index (χ2n) is 7.72. The fourth-order valence-corrected chi connectivity index (χ4v) is 4.14. The van der Waals surface area contributed by atoms with Gasteiger partial charge < -0.3 is 4.74 Å². The van der Waals surface area contributed by atoms with Crippen molar-refractivity contribution in [1.82, 2.24) is 4.90 Å². The van der Waals surface area contributed by atoms with Crippen molar-refractivity contribution in [2.45, 2.75) is 90.9 Å². The van der Waals surface area contributed by atoms with Crippen molar-refractivity contribution in [2.24, 2.45) is 11.8 Å². The molecule has 118 valence electrons. The van der Waals surface area contributed by atoms with E-state index in [1.165, 1.54) is 44.9 Å². The van der Waals surface area contributed by atoms with Gasteiger partial charge in [0.1, 0.15) is 0 Å². The van der Waals surface area contributed by atoms with Crippen molar-refractivity contribution in [3.63, 3.8) is 0 Å². The predicted octanol–water partition coefficient (Wildman–Crippen LogP) is 4.48. The molecule has 1 aliphatic carbocycles. The Hall–Kier alpha value is -0.0800. The van der Waals surface area contributed by atoms with Gasteiger partial charge in [-0.25, -0.2) is 0 Å². The largest absolute Gasteiger partial charge is 0.373 e. The minimum Gasteiger partial charge on any atom is -0.373 e. The minimum absolute atomic E-state index is 0.420. The summed E-state index contributed by atoms with van der Waals surface area (Å²) < 4.78 is 5.86. The molecule has 0 unspecified atom stereocenters. The van der Waals surface area contributed by atoms with Crippen LogP contribution in [0.1, 0.15) is 72.6 Å². The van der Waals surface area contributed by atoms with Crippen LogP contribution in [0.4, 0.5) is 0 Å². The highest BCUT2D eigenvalue weighted by Crippen LogP contribution is 2.34. The second kappa shape index (κ2) is 7.79. The first kappa shape index (κ1) is 16.3. The van der Waals surface area contributed by atoms with Gasteiger partial charge in [-0.2, -0.15) is 0 Å². The Morgan fingerprint density at radius 3 is 2.40 bits per heavy atom. The number of ether oxygens (including phenoxy) is 1. The van der Waals surface area contributed by atoms with Crippen LogP contribution in [0.3, 0.4) is 0 Å². The van der Waals surface area contributed by atoms with Crippen molar-refractivity contribution >= 4 is 0 Å². The fourth-order valence-electron chi connectivity index (χ4n) is 4.14. The molecule has 2 heteroatoms. The third kappa shape index (κ3) is 5.04. The Labute approximate surface area is 126 Å². The SMILES string of the molecule is CC(C)CCCC[C@@H]1CC[C@H](N2C[C@@H](C)O[C@@H](C)C2)C1. The Morgan fingerprint density at radius 1 is 1.05 bits per heavy atom. The number of rotatable bonds is 6. The van der Waals surface area contributed by atoms with Gasteiger partial charge in [0.25, 0.3) is 0 Å². The summed E-state index contributed by atoms with van der Waals surface area (Å²) in [6.45, 7) is 11.4. The molecule has 1 saturated heterocycles. The standard InChI is InChI=1S/C18H35NO/c1-14(2)7-5-6-8-17-9-10-18(11-17)19-12-15(3)20-16(4)13-19/h14-18H,5-13H2,1-4H3/t15-,16+,17-,18+/m1/s1. The highest BCUT2D eigenvalue weighted by molar-refractivity contribution is 4.86. The quantitative estimate of drug-likeness (QED) is 0.666. The van der Waals surface area contributed by atoms with Gasteiger partial charge >= 0.3 is 0 Å². The minimum atomic E-state index is 0.420. The van der Waals surface area contributed by atoms with Gasteiger partial charge in [-0.05, 0) is 44.9 Å². The molecule has 20 heavy (non-hydrogen) atoms. The molecule has 1 heterocycles. The maximum Gasteiger partial charge on any atom is 0.0678 e. The van der Waals surface area contributed by atoms with Crippen molar-refractivity contribution in [2.75, 3.05) is 13.1 Å². The second-order valence-corrected chi connectivity index (χ2v) is 7.72. The molecule has 1 aliphatic heterocycles. The maximum atomic E-state index is 5.86. The summed E-state index contributed by atoms with van der Waals surface area (Å²) in [5, 5.41) is 0. The highest BCUT2D eigenvalue weighted by atomic mass is 16.5. The molecule has 2 nitrogen and oxygen atoms in total. The third-order valence-electron chi connectivity index (χ3n) is 5.12. The van der Waals surface area contributed by atoms with Crippen LogP contribution < -0.4 is 0 Å². The van der Waals surface area contributed by atoms with Crippen LogP contribution in [-0.4, -0.2) is 36.2 Å². The van der Waals surface area contributed by atoms with Crippen LogP contribution in [-0.2, 0) is 4.74 Å². The molecule has 2 fully saturated rings. The summed E-state index contributed by atoms with van der Waals surface area (Å²) >= 11 is 0. The lowest BCUT2D eigenvalue weighted by Gasteiger charge is -2.39. The maximum absolute atomic E-state index is 5.86. The van der Waals surface area contributed by atoms with E-state index >= 15 is 0 Å². The molecule has 0 N–H and O–H groups in total. The molecule has 1 saturated carbocycles. The van der Waals surface area contributed by atoms with Gasteiger partial charge in [0.05, 0.1) is 12.2 Å². The molecular formula is C18H35NO. The van der Waals surface area contributed by atoms with E-state index in [9.17, 15) is 0 Å². The normalized spacial score (nSPS) is 35.9. The van der Waals surface area contributed by atoms with E-state index in [0.29, 0.717) is 12.2 Å². The van der Waals surface area contributed by atoms with Crippen LogP contribution in [0.2, 0.25) is 0 Å². The van der Waals surface area contributed by atoms with E-state index in [4.69, 9.17) is 4.74 Å². The summed E-state index contributed by atoms with van der Waals surface area (Å²) in [7, 11) is 0. The summed E-state index contributed by atoms with van der Waals surface area (Å²) in [5.41, 5.74) is 0. The van der Waals surface area contributed by atoms with Crippen molar-refractivity contribution in [1.29, 1.82) is 0 Å². The van der Waals surface area contributed by atoms with Crippen molar-refractivity contribution in [3.8, 4) is 0 Å². The van der Waals surface area contributed by atoms with Gasteiger partial charge in [0.2, 0.25) is 0 Å².